The van der Waals surface area contributed by atoms with Crippen LogP contribution in [0.2, 0.25) is 0 Å². The zero-order valence-corrected chi connectivity index (χ0v) is 10.0. The van der Waals surface area contributed by atoms with Gasteiger partial charge in [-0.1, -0.05) is 0 Å². The maximum atomic E-state index is 13.1. The van der Waals surface area contributed by atoms with Gasteiger partial charge in [0.1, 0.15) is 5.82 Å². The van der Waals surface area contributed by atoms with E-state index in [4.69, 9.17) is 4.74 Å². The molecule has 0 spiro atoms. The minimum absolute atomic E-state index is 0.138. The molecule has 1 heterocycles. The van der Waals surface area contributed by atoms with Gasteiger partial charge in [-0.05, 0) is 31.0 Å². The van der Waals surface area contributed by atoms with Crippen molar-refractivity contribution in [3.05, 3.63) is 29.6 Å². The van der Waals surface area contributed by atoms with Crippen molar-refractivity contribution in [1.82, 2.24) is 0 Å². The highest BCUT2D eigenvalue weighted by atomic mass is 19.1. The third-order valence-electron chi connectivity index (χ3n) is 3.33. The average Bonchev–Trinajstić information content (AvgIpc) is 2.39. The Hall–Kier alpha value is -1.13. The molecule has 1 saturated heterocycles. The van der Waals surface area contributed by atoms with Crippen LogP contribution >= 0.6 is 0 Å². The average molecular weight is 239 g/mol. The van der Waals surface area contributed by atoms with Crippen molar-refractivity contribution in [2.75, 3.05) is 25.2 Å². The highest BCUT2D eigenvalue weighted by Crippen LogP contribution is 2.25. The van der Waals surface area contributed by atoms with E-state index in [1.807, 2.05) is 7.05 Å². The van der Waals surface area contributed by atoms with Gasteiger partial charge in [-0.3, -0.25) is 0 Å². The molecule has 4 heteroatoms. The number of hydrogen-bond acceptors (Lipinski definition) is 3. The Kier molecular flexibility index (Phi) is 3.97. The highest BCUT2D eigenvalue weighted by molar-refractivity contribution is 5.53. The highest BCUT2D eigenvalue weighted by Gasteiger charge is 2.20. The third kappa shape index (κ3) is 2.76. The summed E-state index contributed by atoms with van der Waals surface area (Å²) in [6.07, 6.45) is 1.94. The number of benzene rings is 1. The molecule has 1 fully saturated rings. The molecule has 3 nitrogen and oxygen atoms in total. The van der Waals surface area contributed by atoms with E-state index in [0.29, 0.717) is 11.6 Å². The first-order valence-corrected chi connectivity index (χ1v) is 5.92. The summed E-state index contributed by atoms with van der Waals surface area (Å²) in [5, 5.41) is 9.27. The summed E-state index contributed by atoms with van der Waals surface area (Å²) in [6.45, 7) is 1.40. The van der Waals surface area contributed by atoms with Gasteiger partial charge >= 0.3 is 0 Å². The number of halogens is 1. The van der Waals surface area contributed by atoms with Gasteiger partial charge in [-0.15, -0.1) is 0 Å². The van der Waals surface area contributed by atoms with Gasteiger partial charge in [-0.25, -0.2) is 4.39 Å². The number of hydrogen-bond donors (Lipinski definition) is 1. The smallest absolute Gasteiger partial charge is 0.123 e. The van der Waals surface area contributed by atoms with Crippen LogP contribution < -0.4 is 4.90 Å². The van der Waals surface area contributed by atoms with Gasteiger partial charge in [0, 0.05) is 37.6 Å². The van der Waals surface area contributed by atoms with Gasteiger partial charge in [0.05, 0.1) is 6.61 Å². The first-order chi connectivity index (χ1) is 8.22. The van der Waals surface area contributed by atoms with Crippen LogP contribution in [0, 0.1) is 5.82 Å². The van der Waals surface area contributed by atoms with Gasteiger partial charge < -0.3 is 14.7 Å². The van der Waals surface area contributed by atoms with Crippen LogP contribution in [0.4, 0.5) is 10.1 Å². The second kappa shape index (κ2) is 5.47. The van der Waals surface area contributed by atoms with E-state index in [1.54, 1.807) is 6.07 Å². The topological polar surface area (TPSA) is 32.7 Å². The first kappa shape index (κ1) is 12.3. The number of anilines is 1. The summed E-state index contributed by atoms with van der Waals surface area (Å²) in [5.74, 6) is -0.307. The van der Waals surface area contributed by atoms with E-state index in [1.165, 1.54) is 12.1 Å². The molecule has 1 aliphatic heterocycles. The minimum atomic E-state index is -0.307. The molecule has 0 aromatic heterocycles. The Bertz CT molecular complexity index is 378. The predicted molar refractivity (Wildman–Crippen MR) is 64.6 cm³/mol. The van der Waals surface area contributed by atoms with E-state index in [-0.39, 0.29) is 12.4 Å². The summed E-state index contributed by atoms with van der Waals surface area (Å²) < 4.78 is 18.4. The van der Waals surface area contributed by atoms with E-state index in [2.05, 4.69) is 4.90 Å². The molecule has 1 aliphatic rings. The number of rotatable bonds is 3. The number of aliphatic hydroxyl groups is 1. The molecule has 0 atom stereocenters. The molecule has 1 N–H and O–H groups in total. The fourth-order valence-electron chi connectivity index (χ4n) is 2.29. The van der Waals surface area contributed by atoms with E-state index in [9.17, 15) is 9.50 Å². The number of nitrogens with zero attached hydrogens (tertiary/aromatic N) is 1. The van der Waals surface area contributed by atoms with Gasteiger partial charge in [-0.2, -0.15) is 0 Å². The standard InChI is InChI=1S/C13H18FNO2/c1-15(12-4-6-17-7-5-12)13-3-2-11(14)8-10(13)9-16/h2-3,8,12,16H,4-7,9H2,1H3. The molecule has 0 radical (unpaired) electrons. The molecule has 0 saturated carbocycles. The molecular weight excluding hydrogens is 221 g/mol. The lowest BCUT2D eigenvalue weighted by Crippen LogP contribution is -2.37. The van der Waals surface area contributed by atoms with Crippen LogP contribution in [-0.2, 0) is 11.3 Å². The molecule has 17 heavy (non-hydrogen) atoms. The van der Waals surface area contributed by atoms with Crippen molar-refractivity contribution in [3.63, 3.8) is 0 Å². The van der Waals surface area contributed by atoms with Crippen molar-refractivity contribution in [2.45, 2.75) is 25.5 Å². The zero-order chi connectivity index (χ0) is 12.3. The van der Waals surface area contributed by atoms with Crippen LogP contribution in [0.1, 0.15) is 18.4 Å². The van der Waals surface area contributed by atoms with Gasteiger partial charge in [0.2, 0.25) is 0 Å². The monoisotopic (exact) mass is 239 g/mol. The Morgan fingerprint density at radius 1 is 1.41 bits per heavy atom. The van der Waals surface area contributed by atoms with Crippen molar-refractivity contribution in [3.8, 4) is 0 Å². The largest absolute Gasteiger partial charge is 0.392 e. The predicted octanol–water partition coefficient (Wildman–Crippen LogP) is 1.93. The fraction of sp³-hybridized carbons (Fsp3) is 0.538. The van der Waals surface area contributed by atoms with Crippen molar-refractivity contribution in [1.29, 1.82) is 0 Å². The zero-order valence-electron chi connectivity index (χ0n) is 10.0. The molecular formula is C13H18FNO2. The third-order valence-corrected chi connectivity index (χ3v) is 3.33. The Morgan fingerprint density at radius 3 is 2.76 bits per heavy atom. The van der Waals surface area contributed by atoms with Gasteiger partial charge in [0.15, 0.2) is 0 Å². The van der Waals surface area contributed by atoms with Crippen LogP contribution in [0.3, 0.4) is 0 Å². The second-order valence-electron chi connectivity index (χ2n) is 4.39. The summed E-state index contributed by atoms with van der Waals surface area (Å²) in [7, 11) is 1.99. The SMILES string of the molecule is CN(c1ccc(F)cc1CO)C1CCOCC1. The lowest BCUT2D eigenvalue weighted by atomic mass is 10.0. The molecule has 0 bridgehead atoms. The van der Waals surface area contributed by atoms with Crippen LogP contribution in [0.15, 0.2) is 18.2 Å². The summed E-state index contributed by atoms with van der Waals surface area (Å²) in [4.78, 5) is 2.12. The molecule has 1 aromatic rings. The molecule has 1 aromatic carbocycles. The number of ether oxygens (including phenoxy) is 1. The van der Waals surface area contributed by atoms with E-state index in [0.717, 1.165) is 31.7 Å². The Balaban J connectivity index is 2.19. The van der Waals surface area contributed by atoms with Crippen molar-refractivity contribution < 1.29 is 14.2 Å². The lowest BCUT2D eigenvalue weighted by Gasteiger charge is -2.34. The molecule has 0 aliphatic carbocycles. The number of aliphatic hydroxyl groups excluding tert-OH is 1. The van der Waals surface area contributed by atoms with Crippen molar-refractivity contribution >= 4 is 5.69 Å². The Labute approximate surface area is 101 Å². The maximum Gasteiger partial charge on any atom is 0.123 e. The first-order valence-electron chi connectivity index (χ1n) is 5.92. The van der Waals surface area contributed by atoms with Crippen molar-refractivity contribution in [2.24, 2.45) is 0 Å². The normalized spacial score (nSPS) is 17.1. The quantitative estimate of drug-likeness (QED) is 0.875. The minimum Gasteiger partial charge on any atom is -0.392 e. The van der Waals surface area contributed by atoms with Crippen LogP contribution in [0.25, 0.3) is 0 Å². The molecule has 0 unspecified atom stereocenters. The lowest BCUT2D eigenvalue weighted by molar-refractivity contribution is 0.0854. The maximum absolute atomic E-state index is 13.1. The Morgan fingerprint density at radius 2 is 2.12 bits per heavy atom. The van der Waals surface area contributed by atoms with Crippen LogP contribution in [-0.4, -0.2) is 31.4 Å². The second-order valence-corrected chi connectivity index (χ2v) is 4.39. The molecule has 2 rings (SSSR count). The van der Waals surface area contributed by atoms with Gasteiger partial charge in [0.25, 0.3) is 0 Å². The summed E-state index contributed by atoms with van der Waals surface area (Å²) >= 11 is 0. The molecule has 94 valence electrons. The summed E-state index contributed by atoms with van der Waals surface area (Å²) in [6, 6.07) is 4.96. The van der Waals surface area contributed by atoms with E-state index < -0.39 is 0 Å². The fourth-order valence-corrected chi connectivity index (χ4v) is 2.29. The molecule has 0 amide bonds. The van der Waals surface area contributed by atoms with E-state index >= 15 is 0 Å². The summed E-state index contributed by atoms with van der Waals surface area (Å²) in [5.41, 5.74) is 1.54. The van der Waals surface area contributed by atoms with Crippen LogP contribution in [0.5, 0.6) is 0 Å².